The van der Waals surface area contributed by atoms with Crippen molar-refractivity contribution in [2.24, 2.45) is 0 Å². The Labute approximate surface area is 140 Å². The molecule has 0 aliphatic rings. The lowest BCUT2D eigenvalue weighted by atomic mass is 10.2. The molecule has 0 saturated heterocycles. The number of amides is 1. The average molecular weight is 337 g/mol. The zero-order chi connectivity index (χ0) is 17.6. The molecule has 4 rings (SSSR count). The van der Waals surface area contributed by atoms with Gasteiger partial charge in [-0.15, -0.1) is 5.10 Å². The van der Waals surface area contributed by atoms with Crippen molar-refractivity contribution in [1.29, 1.82) is 0 Å². The van der Waals surface area contributed by atoms with Crippen LogP contribution < -0.4 is 10.9 Å². The number of halogens is 1. The molecular weight excluding hydrogens is 325 g/mol. The van der Waals surface area contributed by atoms with Crippen LogP contribution in [0, 0.1) is 12.7 Å². The van der Waals surface area contributed by atoms with E-state index in [-0.39, 0.29) is 17.2 Å². The fourth-order valence-electron chi connectivity index (χ4n) is 2.58. The monoisotopic (exact) mass is 337 g/mol. The molecular formula is C17H12FN5O2. The van der Waals surface area contributed by atoms with Crippen molar-refractivity contribution < 1.29 is 9.18 Å². The Morgan fingerprint density at radius 3 is 2.84 bits per heavy atom. The molecule has 0 aliphatic carbocycles. The number of hydrogen-bond donors (Lipinski definition) is 2. The largest absolute Gasteiger partial charge is 0.317 e. The minimum atomic E-state index is -0.700. The molecule has 8 heteroatoms. The Bertz CT molecular complexity index is 1190. The third-order valence-electron chi connectivity index (χ3n) is 3.76. The first-order chi connectivity index (χ1) is 12.0. The van der Waals surface area contributed by atoms with Crippen molar-refractivity contribution in [3.05, 3.63) is 70.0 Å². The van der Waals surface area contributed by atoms with Gasteiger partial charge >= 0.3 is 0 Å². The van der Waals surface area contributed by atoms with Crippen LogP contribution in [-0.2, 0) is 0 Å². The van der Waals surface area contributed by atoms with Gasteiger partial charge in [0.15, 0.2) is 0 Å². The van der Waals surface area contributed by atoms with E-state index in [4.69, 9.17) is 0 Å². The summed E-state index contributed by atoms with van der Waals surface area (Å²) in [7, 11) is 0. The molecule has 0 unspecified atom stereocenters. The maximum atomic E-state index is 13.7. The summed E-state index contributed by atoms with van der Waals surface area (Å²) < 4.78 is 15.0. The molecule has 4 aromatic rings. The number of carbonyl (C=O) groups is 1. The number of anilines is 1. The second kappa shape index (κ2) is 5.52. The van der Waals surface area contributed by atoms with Crippen molar-refractivity contribution in [2.75, 3.05) is 5.32 Å². The van der Waals surface area contributed by atoms with Crippen LogP contribution >= 0.6 is 0 Å². The van der Waals surface area contributed by atoms with Crippen LogP contribution in [0.4, 0.5) is 10.1 Å². The third kappa shape index (κ3) is 2.53. The quantitative estimate of drug-likeness (QED) is 0.587. The standard InChI is InChI=1S/C17H12FN5O2/c1-9-6-7-13-12(8-9)20-17(25)15-21-14(22-23(13)15)16(24)19-11-5-3-2-4-10(11)18/h2-8H,1H3,(H,19,24)(H,20,25). The first-order valence-corrected chi connectivity index (χ1v) is 7.48. The maximum absolute atomic E-state index is 13.7. The van der Waals surface area contributed by atoms with E-state index in [0.29, 0.717) is 11.0 Å². The van der Waals surface area contributed by atoms with Crippen LogP contribution in [0.2, 0.25) is 0 Å². The number of aromatic nitrogens is 4. The van der Waals surface area contributed by atoms with E-state index in [0.717, 1.165) is 5.56 Å². The number of nitrogens with zero attached hydrogens (tertiary/aromatic N) is 3. The lowest BCUT2D eigenvalue weighted by molar-refractivity contribution is 0.101. The predicted molar refractivity (Wildman–Crippen MR) is 90.2 cm³/mol. The zero-order valence-electron chi connectivity index (χ0n) is 13.1. The van der Waals surface area contributed by atoms with E-state index in [2.05, 4.69) is 20.4 Å². The van der Waals surface area contributed by atoms with Crippen LogP contribution in [0.1, 0.15) is 16.2 Å². The van der Waals surface area contributed by atoms with Crippen molar-refractivity contribution in [3.63, 3.8) is 0 Å². The number of fused-ring (bicyclic) bond motifs is 3. The number of hydrogen-bond acceptors (Lipinski definition) is 4. The van der Waals surface area contributed by atoms with Crippen molar-refractivity contribution in [3.8, 4) is 0 Å². The normalized spacial score (nSPS) is 11.1. The molecule has 0 fully saturated rings. The minimum absolute atomic E-state index is 0.00460. The molecule has 0 aliphatic heterocycles. The summed E-state index contributed by atoms with van der Waals surface area (Å²) in [5, 5.41) is 6.51. The Kier molecular flexibility index (Phi) is 3.31. The van der Waals surface area contributed by atoms with E-state index in [1.165, 1.54) is 22.7 Å². The van der Waals surface area contributed by atoms with Crippen LogP contribution in [0.25, 0.3) is 16.7 Å². The van der Waals surface area contributed by atoms with Crippen LogP contribution in [-0.4, -0.2) is 25.5 Å². The van der Waals surface area contributed by atoms with E-state index >= 15 is 0 Å². The Hall–Kier alpha value is -3.55. The molecule has 0 saturated carbocycles. The van der Waals surface area contributed by atoms with E-state index in [1.807, 2.05) is 13.0 Å². The third-order valence-corrected chi connectivity index (χ3v) is 3.76. The van der Waals surface area contributed by atoms with Gasteiger partial charge in [0.25, 0.3) is 11.5 Å². The zero-order valence-corrected chi connectivity index (χ0v) is 13.1. The number of aryl methyl sites for hydroxylation is 1. The Balaban J connectivity index is 1.82. The van der Waals surface area contributed by atoms with E-state index in [1.54, 1.807) is 18.2 Å². The summed E-state index contributed by atoms with van der Waals surface area (Å²) >= 11 is 0. The topological polar surface area (TPSA) is 92.1 Å². The molecule has 0 spiro atoms. The highest BCUT2D eigenvalue weighted by Gasteiger charge is 2.17. The number of benzene rings is 2. The van der Waals surface area contributed by atoms with Gasteiger partial charge in [0, 0.05) is 0 Å². The van der Waals surface area contributed by atoms with Gasteiger partial charge in [-0.2, -0.15) is 4.98 Å². The average Bonchev–Trinajstić information content (AvgIpc) is 3.03. The number of para-hydroxylation sites is 1. The predicted octanol–water partition coefficient (Wildman–Crippen LogP) is 2.27. The van der Waals surface area contributed by atoms with Gasteiger partial charge in [0.05, 0.1) is 16.7 Å². The minimum Gasteiger partial charge on any atom is -0.317 e. The number of rotatable bonds is 2. The number of nitrogens with one attached hydrogen (secondary N) is 2. The summed E-state index contributed by atoms with van der Waals surface area (Å²) in [6.07, 6.45) is 0. The maximum Gasteiger partial charge on any atom is 0.295 e. The molecule has 2 aromatic heterocycles. The van der Waals surface area contributed by atoms with Crippen LogP contribution in [0.5, 0.6) is 0 Å². The smallest absolute Gasteiger partial charge is 0.295 e. The highest BCUT2D eigenvalue weighted by atomic mass is 19.1. The molecule has 2 aromatic carbocycles. The van der Waals surface area contributed by atoms with Gasteiger partial charge < -0.3 is 10.3 Å². The van der Waals surface area contributed by atoms with Crippen molar-refractivity contribution in [1.82, 2.24) is 19.6 Å². The van der Waals surface area contributed by atoms with Gasteiger partial charge in [0.2, 0.25) is 11.5 Å². The van der Waals surface area contributed by atoms with Crippen LogP contribution in [0.15, 0.2) is 47.3 Å². The number of H-pyrrole nitrogens is 1. The Morgan fingerprint density at radius 1 is 1.24 bits per heavy atom. The number of carbonyl (C=O) groups excluding carboxylic acids is 1. The van der Waals surface area contributed by atoms with Crippen LogP contribution in [0.3, 0.4) is 0 Å². The van der Waals surface area contributed by atoms with Crippen molar-refractivity contribution in [2.45, 2.75) is 6.92 Å². The number of aromatic amines is 1. The second-order valence-electron chi connectivity index (χ2n) is 5.58. The molecule has 0 atom stereocenters. The van der Waals surface area contributed by atoms with Gasteiger partial charge in [-0.25, -0.2) is 8.91 Å². The fraction of sp³-hybridized carbons (Fsp3) is 0.0588. The highest BCUT2D eigenvalue weighted by molar-refractivity contribution is 6.02. The summed E-state index contributed by atoms with van der Waals surface area (Å²) in [6.45, 7) is 1.90. The van der Waals surface area contributed by atoms with Gasteiger partial charge in [-0.05, 0) is 36.8 Å². The molecule has 0 bridgehead atoms. The molecule has 0 radical (unpaired) electrons. The molecule has 1 amide bonds. The van der Waals surface area contributed by atoms with Gasteiger partial charge in [-0.3, -0.25) is 9.59 Å². The molecule has 2 N–H and O–H groups in total. The first kappa shape index (κ1) is 15.0. The lowest BCUT2D eigenvalue weighted by Crippen LogP contribution is -2.15. The van der Waals surface area contributed by atoms with E-state index < -0.39 is 17.3 Å². The van der Waals surface area contributed by atoms with Gasteiger partial charge in [-0.1, -0.05) is 18.2 Å². The molecule has 124 valence electrons. The molecule has 7 nitrogen and oxygen atoms in total. The SMILES string of the molecule is Cc1ccc2c(c1)[nH]c(=O)c1nc(C(=O)Nc3ccccc3F)nn12. The van der Waals surface area contributed by atoms with Gasteiger partial charge in [0.1, 0.15) is 5.82 Å². The summed E-state index contributed by atoms with van der Waals surface area (Å²) in [5.41, 5.74) is 1.72. The summed E-state index contributed by atoms with van der Waals surface area (Å²) in [4.78, 5) is 31.2. The fourth-order valence-corrected chi connectivity index (χ4v) is 2.58. The Morgan fingerprint density at radius 2 is 2.04 bits per heavy atom. The second-order valence-corrected chi connectivity index (χ2v) is 5.58. The summed E-state index contributed by atoms with van der Waals surface area (Å²) in [5.74, 6) is -1.49. The van der Waals surface area contributed by atoms with E-state index in [9.17, 15) is 14.0 Å². The molecule has 2 heterocycles. The molecule has 25 heavy (non-hydrogen) atoms. The highest BCUT2D eigenvalue weighted by Crippen LogP contribution is 2.15. The lowest BCUT2D eigenvalue weighted by Gasteiger charge is -2.03. The van der Waals surface area contributed by atoms with Crippen molar-refractivity contribution >= 4 is 28.3 Å². The first-order valence-electron chi connectivity index (χ1n) is 7.48. The summed E-state index contributed by atoms with van der Waals surface area (Å²) in [6, 6.07) is 11.2.